The SMILES string of the molecule is COc1ccc(Nc2nc(Cl)nc3c2ncn3C2CCCO2)c(OC)c1. The van der Waals surface area contributed by atoms with E-state index in [0.717, 1.165) is 25.1 Å². The van der Waals surface area contributed by atoms with Crippen molar-refractivity contribution in [1.29, 1.82) is 0 Å². The average Bonchev–Trinajstić information content (AvgIpc) is 3.31. The van der Waals surface area contributed by atoms with Gasteiger partial charge < -0.3 is 19.5 Å². The van der Waals surface area contributed by atoms with Gasteiger partial charge in [0.05, 0.1) is 26.2 Å². The molecule has 1 fully saturated rings. The van der Waals surface area contributed by atoms with Crippen LogP contribution in [0.4, 0.5) is 11.5 Å². The molecular weight excluding hydrogens is 358 g/mol. The third-order valence-corrected chi connectivity index (χ3v) is 4.44. The summed E-state index contributed by atoms with van der Waals surface area (Å²) < 4.78 is 18.3. The van der Waals surface area contributed by atoms with Gasteiger partial charge in [-0.2, -0.15) is 9.97 Å². The molecule has 0 saturated carbocycles. The van der Waals surface area contributed by atoms with Gasteiger partial charge >= 0.3 is 0 Å². The first-order chi connectivity index (χ1) is 12.7. The fourth-order valence-electron chi connectivity index (χ4n) is 3.00. The molecule has 0 spiro atoms. The predicted octanol–water partition coefficient (Wildman–Crippen LogP) is 3.55. The standard InChI is InChI=1S/C17H18ClN5O3/c1-24-10-5-6-11(12(8-10)25-2)20-15-14-16(22-17(18)21-15)23(9-19-14)13-4-3-7-26-13/h5-6,8-9,13H,3-4,7H2,1-2H3,(H,20,21,22). The third-order valence-electron chi connectivity index (χ3n) is 4.27. The Hall–Kier alpha value is -2.58. The Morgan fingerprint density at radius 2 is 2.15 bits per heavy atom. The highest BCUT2D eigenvalue weighted by atomic mass is 35.5. The molecule has 136 valence electrons. The molecule has 2 aromatic heterocycles. The van der Waals surface area contributed by atoms with Crippen molar-refractivity contribution in [3.63, 3.8) is 0 Å². The normalized spacial score (nSPS) is 16.8. The Morgan fingerprint density at radius 1 is 1.27 bits per heavy atom. The number of fused-ring (bicyclic) bond motifs is 1. The van der Waals surface area contributed by atoms with Gasteiger partial charge in [0.2, 0.25) is 5.28 Å². The first-order valence-electron chi connectivity index (χ1n) is 8.20. The predicted molar refractivity (Wildman–Crippen MR) is 97.4 cm³/mol. The van der Waals surface area contributed by atoms with E-state index in [-0.39, 0.29) is 11.5 Å². The smallest absolute Gasteiger partial charge is 0.226 e. The second-order valence-corrected chi connectivity index (χ2v) is 6.16. The lowest BCUT2D eigenvalue weighted by atomic mass is 10.2. The summed E-state index contributed by atoms with van der Waals surface area (Å²) in [6.45, 7) is 0.733. The zero-order valence-electron chi connectivity index (χ0n) is 14.4. The minimum Gasteiger partial charge on any atom is -0.497 e. The largest absolute Gasteiger partial charge is 0.497 e. The highest BCUT2D eigenvalue weighted by Crippen LogP contribution is 2.34. The summed E-state index contributed by atoms with van der Waals surface area (Å²) in [5.41, 5.74) is 1.96. The second kappa shape index (κ2) is 6.97. The lowest BCUT2D eigenvalue weighted by Gasteiger charge is -2.13. The molecule has 4 rings (SSSR count). The van der Waals surface area contributed by atoms with Gasteiger partial charge in [-0.1, -0.05) is 0 Å². The average molecular weight is 376 g/mol. The molecule has 3 heterocycles. The van der Waals surface area contributed by atoms with Crippen LogP contribution in [-0.2, 0) is 4.74 Å². The van der Waals surface area contributed by atoms with E-state index in [1.807, 2.05) is 16.7 Å². The van der Waals surface area contributed by atoms with E-state index < -0.39 is 0 Å². The summed E-state index contributed by atoms with van der Waals surface area (Å²) in [6, 6.07) is 5.46. The lowest BCUT2D eigenvalue weighted by Crippen LogP contribution is -2.07. The molecule has 26 heavy (non-hydrogen) atoms. The summed E-state index contributed by atoms with van der Waals surface area (Å²) >= 11 is 6.15. The number of ether oxygens (including phenoxy) is 3. The molecule has 0 bridgehead atoms. The van der Waals surface area contributed by atoms with Gasteiger partial charge in [0.15, 0.2) is 17.0 Å². The molecule has 1 aromatic carbocycles. The van der Waals surface area contributed by atoms with Crippen molar-refractivity contribution in [1.82, 2.24) is 19.5 Å². The van der Waals surface area contributed by atoms with Gasteiger partial charge in [-0.05, 0) is 36.6 Å². The molecule has 0 aliphatic carbocycles. The number of nitrogens with one attached hydrogen (secondary N) is 1. The maximum absolute atomic E-state index is 6.15. The van der Waals surface area contributed by atoms with Crippen molar-refractivity contribution < 1.29 is 14.2 Å². The number of anilines is 2. The van der Waals surface area contributed by atoms with E-state index in [4.69, 9.17) is 25.8 Å². The Labute approximate surface area is 155 Å². The van der Waals surface area contributed by atoms with Crippen molar-refractivity contribution >= 4 is 34.3 Å². The van der Waals surface area contributed by atoms with Gasteiger partial charge in [-0.3, -0.25) is 4.57 Å². The minimum absolute atomic E-state index is 0.0747. The molecule has 1 atom stereocenters. The highest BCUT2D eigenvalue weighted by Gasteiger charge is 2.22. The summed E-state index contributed by atoms with van der Waals surface area (Å²) in [7, 11) is 3.20. The molecular formula is C17H18ClN5O3. The lowest BCUT2D eigenvalue weighted by molar-refractivity contribution is 0.0593. The monoisotopic (exact) mass is 375 g/mol. The van der Waals surface area contributed by atoms with E-state index in [1.54, 1.807) is 26.6 Å². The molecule has 1 saturated heterocycles. The van der Waals surface area contributed by atoms with Crippen molar-refractivity contribution in [3.8, 4) is 11.5 Å². The Morgan fingerprint density at radius 3 is 2.88 bits per heavy atom. The number of rotatable bonds is 5. The van der Waals surface area contributed by atoms with Crippen LogP contribution in [0.3, 0.4) is 0 Å². The summed E-state index contributed by atoms with van der Waals surface area (Å²) in [6.07, 6.45) is 3.57. The molecule has 8 nitrogen and oxygen atoms in total. The molecule has 3 aromatic rings. The molecule has 1 unspecified atom stereocenters. The van der Waals surface area contributed by atoms with Crippen LogP contribution in [-0.4, -0.2) is 40.3 Å². The van der Waals surface area contributed by atoms with Crippen LogP contribution in [0.5, 0.6) is 11.5 Å². The van der Waals surface area contributed by atoms with Crippen LogP contribution in [0.2, 0.25) is 5.28 Å². The summed E-state index contributed by atoms with van der Waals surface area (Å²) in [5, 5.41) is 3.36. The van der Waals surface area contributed by atoms with Gasteiger partial charge in [0.25, 0.3) is 0 Å². The maximum Gasteiger partial charge on any atom is 0.226 e. The first-order valence-corrected chi connectivity index (χ1v) is 8.58. The quantitative estimate of drug-likeness (QED) is 0.682. The van der Waals surface area contributed by atoms with Crippen LogP contribution in [0.25, 0.3) is 11.2 Å². The first kappa shape index (κ1) is 16.9. The maximum atomic E-state index is 6.15. The molecule has 0 amide bonds. The second-order valence-electron chi connectivity index (χ2n) is 5.82. The van der Waals surface area contributed by atoms with E-state index in [2.05, 4.69) is 20.3 Å². The minimum atomic E-state index is -0.0747. The van der Waals surface area contributed by atoms with Crippen LogP contribution in [0, 0.1) is 0 Å². The zero-order chi connectivity index (χ0) is 18.1. The topological polar surface area (TPSA) is 83.3 Å². The number of halogens is 1. The molecule has 0 radical (unpaired) electrons. The Balaban J connectivity index is 1.75. The number of nitrogens with zero attached hydrogens (tertiary/aromatic N) is 4. The number of methoxy groups -OCH3 is 2. The Bertz CT molecular complexity index is 940. The van der Waals surface area contributed by atoms with Crippen LogP contribution >= 0.6 is 11.6 Å². The molecule has 1 aliphatic rings. The van der Waals surface area contributed by atoms with Gasteiger partial charge in [-0.15, -0.1) is 0 Å². The molecule has 9 heteroatoms. The molecule has 1 aliphatic heterocycles. The van der Waals surface area contributed by atoms with E-state index in [1.165, 1.54) is 0 Å². The third kappa shape index (κ3) is 3.02. The van der Waals surface area contributed by atoms with Crippen molar-refractivity contribution in [2.45, 2.75) is 19.1 Å². The van der Waals surface area contributed by atoms with Crippen molar-refractivity contribution in [3.05, 3.63) is 29.8 Å². The fourth-order valence-corrected chi connectivity index (χ4v) is 3.16. The van der Waals surface area contributed by atoms with Gasteiger partial charge in [0.1, 0.15) is 17.7 Å². The number of aromatic nitrogens is 4. The summed E-state index contributed by atoms with van der Waals surface area (Å²) in [5.74, 6) is 1.81. The van der Waals surface area contributed by atoms with Crippen LogP contribution in [0.15, 0.2) is 24.5 Å². The van der Waals surface area contributed by atoms with Gasteiger partial charge in [0, 0.05) is 12.7 Å². The number of hydrogen-bond acceptors (Lipinski definition) is 7. The van der Waals surface area contributed by atoms with Crippen LogP contribution < -0.4 is 14.8 Å². The number of benzene rings is 1. The van der Waals surface area contributed by atoms with Crippen LogP contribution in [0.1, 0.15) is 19.1 Å². The molecule has 1 N–H and O–H groups in total. The zero-order valence-corrected chi connectivity index (χ0v) is 15.2. The highest BCUT2D eigenvalue weighted by molar-refractivity contribution is 6.28. The van der Waals surface area contributed by atoms with E-state index in [0.29, 0.717) is 28.5 Å². The van der Waals surface area contributed by atoms with E-state index in [9.17, 15) is 0 Å². The van der Waals surface area contributed by atoms with Gasteiger partial charge in [-0.25, -0.2) is 4.98 Å². The summed E-state index contributed by atoms with van der Waals surface area (Å²) in [4.78, 5) is 13.1. The number of imidazole rings is 1. The Kier molecular flexibility index (Phi) is 4.52. The van der Waals surface area contributed by atoms with Crippen molar-refractivity contribution in [2.24, 2.45) is 0 Å². The number of hydrogen-bond donors (Lipinski definition) is 1. The fraction of sp³-hybridized carbons (Fsp3) is 0.353. The van der Waals surface area contributed by atoms with Crippen molar-refractivity contribution in [2.75, 3.05) is 26.1 Å². The van der Waals surface area contributed by atoms with E-state index >= 15 is 0 Å².